The molecule has 0 amide bonds. The summed E-state index contributed by atoms with van der Waals surface area (Å²) in [7, 11) is 0. The molecule has 0 fully saturated rings. The Labute approximate surface area is 109 Å². The number of hydrogen-bond donors (Lipinski definition) is 1. The molecule has 2 aromatic rings. The summed E-state index contributed by atoms with van der Waals surface area (Å²) < 4.78 is 13.4. The summed E-state index contributed by atoms with van der Waals surface area (Å²) in [6, 6.07) is 6.97. The molecule has 0 aliphatic heterocycles. The largest absolute Gasteiger partial charge is 0.397 e. The number of halogens is 1. The van der Waals surface area contributed by atoms with Gasteiger partial charge in [0.05, 0.1) is 5.69 Å². The predicted molar refractivity (Wildman–Crippen MR) is 73.0 cm³/mol. The zero-order chi connectivity index (χ0) is 13.3. The third kappa shape index (κ3) is 2.09. The highest BCUT2D eigenvalue weighted by Gasteiger charge is 2.16. The van der Waals surface area contributed by atoms with Crippen LogP contribution in [0.15, 0.2) is 18.2 Å². The van der Waals surface area contributed by atoms with E-state index >= 15 is 0 Å². The molecule has 0 spiro atoms. The Balaban J connectivity index is 2.67. The SMILES string of the molecule is CCc1c(-c2cc(C)cc(F)c2)sc(C#N)c1N. The molecule has 0 saturated carbocycles. The number of nitriles is 1. The molecule has 1 heterocycles. The lowest BCUT2D eigenvalue weighted by molar-refractivity contribution is 0.627. The topological polar surface area (TPSA) is 49.8 Å². The molecule has 4 heteroatoms. The second kappa shape index (κ2) is 4.79. The van der Waals surface area contributed by atoms with E-state index in [1.807, 2.05) is 19.9 Å². The van der Waals surface area contributed by atoms with E-state index in [1.54, 1.807) is 0 Å². The first-order valence-corrected chi connectivity index (χ1v) is 6.47. The average molecular weight is 260 g/mol. The van der Waals surface area contributed by atoms with Crippen molar-refractivity contribution in [1.82, 2.24) is 0 Å². The first kappa shape index (κ1) is 12.6. The summed E-state index contributed by atoms with van der Waals surface area (Å²) in [6.45, 7) is 3.83. The van der Waals surface area contributed by atoms with E-state index in [-0.39, 0.29) is 5.82 Å². The van der Waals surface area contributed by atoms with E-state index in [1.165, 1.54) is 23.5 Å². The van der Waals surface area contributed by atoms with Crippen molar-refractivity contribution in [3.8, 4) is 16.5 Å². The maximum absolute atomic E-state index is 13.4. The minimum absolute atomic E-state index is 0.266. The van der Waals surface area contributed by atoms with Gasteiger partial charge in [-0.15, -0.1) is 11.3 Å². The molecule has 18 heavy (non-hydrogen) atoms. The Morgan fingerprint density at radius 1 is 1.39 bits per heavy atom. The lowest BCUT2D eigenvalue weighted by Crippen LogP contribution is -1.92. The van der Waals surface area contributed by atoms with Crippen LogP contribution in [0.5, 0.6) is 0 Å². The third-order valence-electron chi connectivity index (χ3n) is 2.81. The number of nitrogens with zero attached hydrogens (tertiary/aromatic N) is 1. The molecule has 2 N–H and O–H groups in total. The molecule has 0 bridgehead atoms. The third-order valence-corrected chi connectivity index (χ3v) is 4.01. The standard InChI is InChI=1S/C14H13FN2S/c1-3-11-13(17)12(7-16)18-14(11)9-4-8(2)5-10(15)6-9/h4-6H,3,17H2,1-2H3. The Hall–Kier alpha value is -1.86. The van der Waals surface area contributed by atoms with Crippen molar-refractivity contribution in [2.45, 2.75) is 20.3 Å². The smallest absolute Gasteiger partial charge is 0.128 e. The number of aryl methyl sites for hydroxylation is 1. The van der Waals surface area contributed by atoms with Crippen LogP contribution in [0.25, 0.3) is 10.4 Å². The van der Waals surface area contributed by atoms with Gasteiger partial charge in [-0.25, -0.2) is 4.39 Å². The van der Waals surface area contributed by atoms with Gasteiger partial charge >= 0.3 is 0 Å². The monoisotopic (exact) mass is 260 g/mol. The molecule has 0 atom stereocenters. The van der Waals surface area contributed by atoms with Gasteiger partial charge in [0.2, 0.25) is 0 Å². The molecule has 1 aromatic heterocycles. The zero-order valence-electron chi connectivity index (χ0n) is 10.2. The van der Waals surface area contributed by atoms with Crippen LogP contribution in [-0.2, 0) is 6.42 Å². The summed E-state index contributed by atoms with van der Waals surface area (Å²) >= 11 is 1.33. The van der Waals surface area contributed by atoms with Crippen LogP contribution in [0.1, 0.15) is 22.9 Å². The Morgan fingerprint density at radius 2 is 2.11 bits per heavy atom. The van der Waals surface area contributed by atoms with Crippen LogP contribution in [0.2, 0.25) is 0 Å². The minimum Gasteiger partial charge on any atom is -0.397 e. The number of benzene rings is 1. The van der Waals surface area contributed by atoms with Crippen LogP contribution in [0.3, 0.4) is 0 Å². The van der Waals surface area contributed by atoms with Gasteiger partial charge < -0.3 is 5.73 Å². The second-order valence-electron chi connectivity index (χ2n) is 4.14. The Morgan fingerprint density at radius 3 is 2.67 bits per heavy atom. The van der Waals surface area contributed by atoms with Gasteiger partial charge in [-0.2, -0.15) is 5.26 Å². The van der Waals surface area contributed by atoms with Gasteiger partial charge in [0, 0.05) is 4.88 Å². The first-order chi connectivity index (χ1) is 8.56. The predicted octanol–water partition coefficient (Wildman–Crippen LogP) is 3.88. The van der Waals surface area contributed by atoms with E-state index in [9.17, 15) is 4.39 Å². The van der Waals surface area contributed by atoms with Gasteiger partial charge in [-0.05, 0) is 42.2 Å². The van der Waals surface area contributed by atoms with Crippen LogP contribution < -0.4 is 5.73 Å². The van der Waals surface area contributed by atoms with E-state index < -0.39 is 0 Å². The Kier molecular flexibility index (Phi) is 3.35. The normalized spacial score (nSPS) is 10.3. The van der Waals surface area contributed by atoms with Crippen molar-refractivity contribution in [3.63, 3.8) is 0 Å². The molecule has 0 aliphatic carbocycles. The van der Waals surface area contributed by atoms with Crippen LogP contribution in [0, 0.1) is 24.1 Å². The molecule has 2 nitrogen and oxygen atoms in total. The van der Waals surface area contributed by atoms with Crippen LogP contribution >= 0.6 is 11.3 Å². The van der Waals surface area contributed by atoms with E-state index in [2.05, 4.69) is 6.07 Å². The summed E-state index contributed by atoms with van der Waals surface area (Å²) in [5.41, 5.74) is 9.05. The van der Waals surface area contributed by atoms with Gasteiger partial charge in [-0.3, -0.25) is 0 Å². The number of nitrogen functional groups attached to an aromatic ring is 1. The van der Waals surface area contributed by atoms with Crippen molar-refractivity contribution in [3.05, 3.63) is 40.0 Å². The van der Waals surface area contributed by atoms with E-state index in [0.717, 1.165) is 28.0 Å². The van der Waals surface area contributed by atoms with Crippen molar-refractivity contribution in [1.29, 1.82) is 5.26 Å². The number of anilines is 1. The molecule has 0 saturated heterocycles. The van der Waals surface area contributed by atoms with Crippen LogP contribution in [0.4, 0.5) is 10.1 Å². The molecule has 2 rings (SSSR count). The molecular weight excluding hydrogens is 247 g/mol. The van der Waals surface area contributed by atoms with Gasteiger partial charge in [-0.1, -0.05) is 13.0 Å². The molecule has 92 valence electrons. The van der Waals surface area contributed by atoms with Gasteiger partial charge in [0.15, 0.2) is 0 Å². The van der Waals surface area contributed by atoms with Crippen molar-refractivity contribution in [2.24, 2.45) is 0 Å². The lowest BCUT2D eigenvalue weighted by atomic mass is 10.0. The minimum atomic E-state index is -0.266. The van der Waals surface area contributed by atoms with E-state index in [4.69, 9.17) is 11.0 Å². The number of thiophene rings is 1. The van der Waals surface area contributed by atoms with Crippen molar-refractivity contribution >= 4 is 17.0 Å². The highest BCUT2D eigenvalue weighted by molar-refractivity contribution is 7.16. The fraction of sp³-hybridized carbons (Fsp3) is 0.214. The van der Waals surface area contributed by atoms with Gasteiger partial charge in [0.25, 0.3) is 0 Å². The van der Waals surface area contributed by atoms with Crippen molar-refractivity contribution < 1.29 is 4.39 Å². The summed E-state index contributed by atoms with van der Waals surface area (Å²) in [5, 5.41) is 9.01. The maximum Gasteiger partial charge on any atom is 0.128 e. The summed E-state index contributed by atoms with van der Waals surface area (Å²) in [4.78, 5) is 1.40. The quantitative estimate of drug-likeness (QED) is 0.890. The molecule has 0 unspecified atom stereocenters. The van der Waals surface area contributed by atoms with Gasteiger partial charge in [0.1, 0.15) is 16.8 Å². The lowest BCUT2D eigenvalue weighted by Gasteiger charge is -2.04. The number of nitrogens with two attached hydrogens (primary N) is 1. The second-order valence-corrected chi connectivity index (χ2v) is 5.16. The highest BCUT2D eigenvalue weighted by Crippen LogP contribution is 2.39. The first-order valence-electron chi connectivity index (χ1n) is 5.65. The molecule has 0 radical (unpaired) electrons. The summed E-state index contributed by atoms with van der Waals surface area (Å²) in [6.07, 6.45) is 0.731. The highest BCUT2D eigenvalue weighted by atomic mass is 32.1. The average Bonchev–Trinajstić information content (AvgIpc) is 2.64. The molecule has 0 aliphatic rings. The fourth-order valence-corrected chi connectivity index (χ4v) is 3.11. The number of hydrogen-bond acceptors (Lipinski definition) is 3. The molecular formula is C14H13FN2S. The molecule has 1 aromatic carbocycles. The van der Waals surface area contributed by atoms with Crippen LogP contribution in [-0.4, -0.2) is 0 Å². The maximum atomic E-state index is 13.4. The Bertz CT molecular complexity index is 618. The van der Waals surface area contributed by atoms with Crippen molar-refractivity contribution in [2.75, 3.05) is 5.73 Å². The summed E-state index contributed by atoms with van der Waals surface area (Å²) in [5.74, 6) is -0.266. The fourth-order valence-electron chi connectivity index (χ4n) is 2.01. The van der Waals surface area contributed by atoms with E-state index in [0.29, 0.717) is 10.6 Å². The number of rotatable bonds is 2. The zero-order valence-corrected chi connectivity index (χ0v) is 11.1.